The second-order valence-corrected chi connectivity index (χ2v) is 6.84. The maximum Gasteiger partial charge on any atom is 0.295 e. The average Bonchev–Trinajstić information content (AvgIpc) is 2.66. The van der Waals surface area contributed by atoms with E-state index in [1.807, 2.05) is 0 Å². The van der Waals surface area contributed by atoms with Crippen molar-refractivity contribution in [2.24, 2.45) is 10.2 Å². The quantitative estimate of drug-likeness (QED) is 0.378. The Bertz CT molecular complexity index is 1020. The summed E-state index contributed by atoms with van der Waals surface area (Å²) >= 11 is 0. The number of primary sulfonamides is 1. The first kappa shape index (κ1) is 20.9. The van der Waals surface area contributed by atoms with Crippen molar-refractivity contribution in [3.63, 3.8) is 0 Å². The van der Waals surface area contributed by atoms with Crippen molar-refractivity contribution < 1.29 is 27.6 Å². The Morgan fingerprint density at radius 1 is 1.11 bits per heavy atom. The van der Waals surface area contributed by atoms with Crippen LogP contribution in [0.5, 0.6) is 17.2 Å². The van der Waals surface area contributed by atoms with Gasteiger partial charge in [-0.05, 0) is 24.3 Å². The summed E-state index contributed by atoms with van der Waals surface area (Å²) in [5.41, 5.74) is 2.50. The summed E-state index contributed by atoms with van der Waals surface area (Å²) in [6.45, 7) is 0. The van der Waals surface area contributed by atoms with Crippen molar-refractivity contribution in [2.45, 2.75) is 4.90 Å². The van der Waals surface area contributed by atoms with Crippen molar-refractivity contribution >= 4 is 27.6 Å². The first-order valence-corrected chi connectivity index (χ1v) is 9.16. The summed E-state index contributed by atoms with van der Waals surface area (Å²) in [6, 6.07) is 6.48. The van der Waals surface area contributed by atoms with Crippen LogP contribution in [0.4, 0.5) is 11.4 Å². The second kappa shape index (κ2) is 8.54. The molecular weight excluding hydrogens is 392 g/mol. The highest BCUT2D eigenvalue weighted by Crippen LogP contribution is 2.39. The van der Waals surface area contributed by atoms with Crippen LogP contribution >= 0.6 is 0 Å². The van der Waals surface area contributed by atoms with E-state index < -0.39 is 20.6 Å². The summed E-state index contributed by atoms with van der Waals surface area (Å²) < 4.78 is 38.5. The molecule has 2 rings (SSSR count). The topological polar surface area (TPSA) is 155 Å². The number of nitrogens with one attached hydrogen (secondary N) is 1. The zero-order chi connectivity index (χ0) is 20.9. The number of benzene rings is 2. The van der Waals surface area contributed by atoms with Crippen molar-refractivity contribution in [3.05, 3.63) is 46.0 Å². The monoisotopic (exact) mass is 410 g/mol. The predicted octanol–water partition coefficient (Wildman–Crippen LogP) is 1.71. The first-order valence-electron chi connectivity index (χ1n) is 7.62. The van der Waals surface area contributed by atoms with E-state index in [2.05, 4.69) is 10.5 Å². The van der Waals surface area contributed by atoms with Gasteiger partial charge < -0.3 is 14.2 Å². The molecule has 0 unspecified atom stereocenters. The number of nitro groups is 1. The number of nitrogens with zero attached hydrogens (tertiary/aromatic N) is 2. The lowest BCUT2D eigenvalue weighted by Crippen LogP contribution is -2.12. The number of nitro benzene ring substituents is 1. The van der Waals surface area contributed by atoms with Gasteiger partial charge in [0.1, 0.15) is 5.69 Å². The number of hydrogen-bond donors (Lipinski definition) is 2. The molecule has 0 saturated carbocycles. The minimum Gasteiger partial charge on any atom is -0.493 e. The van der Waals surface area contributed by atoms with E-state index in [9.17, 15) is 18.5 Å². The molecule has 0 heterocycles. The van der Waals surface area contributed by atoms with E-state index in [0.29, 0.717) is 22.8 Å². The molecule has 12 heteroatoms. The van der Waals surface area contributed by atoms with Gasteiger partial charge in [-0.15, -0.1) is 0 Å². The standard InChI is InChI=1S/C16H18N4O7S/c1-25-14-7-4-10(15(26-2)16(14)27-3)9-18-19-12-6-5-11(28(17,23)24)8-13(12)20(21)22/h4-9,19H,1-3H3,(H2,17,23,24)/b18-9-. The molecule has 0 saturated heterocycles. The maximum absolute atomic E-state index is 11.4. The molecule has 11 nitrogen and oxygen atoms in total. The highest BCUT2D eigenvalue weighted by atomic mass is 32.2. The zero-order valence-corrected chi connectivity index (χ0v) is 16.0. The van der Waals surface area contributed by atoms with Crippen LogP contribution in [-0.4, -0.2) is 40.9 Å². The minimum atomic E-state index is -4.08. The van der Waals surface area contributed by atoms with Crippen LogP contribution in [-0.2, 0) is 10.0 Å². The Balaban J connectivity index is 2.36. The molecule has 0 aromatic heterocycles. The number of hydrazone groups is 1. The third kappa shape index (κ3) is 4.47. The van der Waals surface area contributed by atoms with Crippen LogP contribution in [0.2, 0.25) is 0 Å². The molecule has 2 aromatic rings. The SMILES string of the molecule is COc1ccc(/C=N\Nc2ccc(S(N)(=O)=O)cc2[N+](=O)[O-])c(OC)c1OC. The average molecular weight is 410 g/mol. The molecular formula is C16H18N4O7S. The smallest absolute Gasteiger partial charge is 0.295 e. The Morgan fingerprint density at radius 3 is 2.32 bits per heavy atom. The van der Waals surface area contributed by atoms with Gasteiger partial charge in [0.25, 0.3) is 5.69 Å². The first-order chi connectivity index (χ1) is 13.2. The van der Waals surface area contributed by atoms with Gasteiger partial charge in [0.15, 0.2) is 11.5 Å². The van der Waals surface area contributed by atoms with Gasteiger partial charge in [-0.1, -0.05) is 0 Å². The molecule has 0 bridgehead atoms. The van der Waals surface area contributed by atoms with Gasteiger partial charge in [0, 0.05) is 11.6 Å². The Hall–Kier alpha value is -3.38. The third-order valence-electron chi connectivity index (χ3n) is 3.62. The summed E-state index contributed by atoms with van der Waals surface area (Å²) in [5, 5.41) is 20.2. The lowest BCUT2D eigenvalue weighted by atomic mass is 10.2. The van der Waals surface area contributed by atoms with Crippen LogP contribution in [0.1, 0.15) is 5.56 Å². The fraction of sp³-hybridized carbons (Fsp3) is 0.188. The minimum absolute atomic E-state index is 0.0203. The Labute approximate surface area is 160 Å². The van der Waals surface area contributed by atoms with Gasteiger partial charge in [0.2, 0.25) is 15.8 Å². The number of nitrogens with two attached hydrogens (primary N) is 1. The van der Waals surface area contributed by atoms with Crippen LogP contribution in [0, 0.1) is 10.1 Å². The van der Waals surface area contributed by atoms with E-state index in [-0.39, 0.29) is 10.6 Å². The fourth-order valence-corrected chi connectivity index (χ4v) is 2.87. The van der Waals surface area contributed by atoms with Gasteiger partial charge in [-0.2, -0.15) is 5.10 Å². The Kier molecular flexibility index (Phi) is 6.38. The van der Waals surface area contributed by atoms with E-state index >= 15 is 0 Å². The van der Waals surface area contributed by atoms with Gasteiger partial charge >= 0.3 is 0 Å². The number of rotatable bonds is 8. The molecule has 150 valence electrons. The number of anilines is 1. The lowest BCUT2D eigenvalue weighted by molar-refractivity contribution is -0.384. The molecule has 3 N–H and O–H groups in total. The number of hydrogen-bond acceptors (Lipinski definition) is 9. The third-order valence-corrected chi connectivity index (χ3v) is 4.53. The van der Waals surface area contributed by atoms with Gasteiger partial charge in [-0.25, -0.2) is 13.6 Å². The summed E-state index contributed by atoms with van der Waals surface area (Å²) in [6.07, 6.45) is 1.36. The largest absolute Gasteiger partial charge is 0.493 e. The van der Waals surface area contributed by atoms with Crippen LogP contribution < -0.4 is 24.8 Å². The molecule has 0 fully saturated rings. The van der Waals surface area contributed by atoms with Gasteiger partial charge in [-0.3, -0.25) is 15.5 Å². The normalized spacial score (nSPS) is 11.3. The molecule has 0 aliphatic rings. The fourth-order valence-electron chi connectivity index (χ4n) is 2.33. The highest BCUT2D eigenvalue weighted by Gasteiger charge is 2.19. The highest BCUT2D eigenvalue weighted by molar-refractivity contribution is 7.89. The van der Waals surface area contributed by atoms with Crippen molar-refractivity contribution in [3.8, 4) is 17.2 Å². The summed E-state index contributed by atoms with van der Waals surface area (Å²) in [7, 11) is 0.305. The molecule has 0 radical (unpaired) electrons. The number of methoxy groups -OCH3 is 3. The molecule has 0 amide bonds. The summed E-state index contributed by atoms with van der Waals surface area (Å²) in [5.74, 6) is 1.17. The maximum atomic E-state index is 11.4. The van der Waals surface area contributed by atoms with Gasteiger partial charge in [0.05, 0.1) is 37.4 Å². The van der Waals surface area contributed by atoms with E-state index in [1.165, 1.54) is 33.6 Å². The molecule has 0 aliphatic carbocycles. The zero-order valence-electron chi connectivity index (χ0n) is 15.2. The van der Waals surface area contributed by atoms with Crippen LogP contribution in [0.15, 0.2) is 40.3 Å². The van der Waals surface area contributed by atoms with Crippen molar-refractivity contribution in [1.29, 1.82) is 0 Å². The molecule has 2 aromatic carbocycles. The summed E-state index contributed by atoms with van der Waals surface area (Å²) in [4.78, 5) is 10.1. The Morgan fingerprint density at radius 2 is 1.79 bits per heavy atom. The molecule has 0 atom stereocenters. The van der Waals surface area contributed by atoms with Crippen molar-refractivity contribution in [1.82, 2.24) is 0 Å². The second-order valence-electron chi connectivity index (χ2n) is 5.27. The van der Waals surface area contributed by atoms with E-state index in [0.717, 1.165) is 12.1 Å². The number of sulfonamides is 1. The van der Waals surface area contributed by atoms with Crippen molar-refractivity contribution in [2.75, 3.05) is 26.8 Å². The molecule has 28 heavy (non-hydrogen) atoms. The van der Waals surface area contributed by atoms with E-state index in [1.54, 1.807) is 12.1 Å². The molecule has 0 aliphatic heterocycles. The van der Waals surface area contributed by atoms with Crippen LogP contribution in [0.25, 0.3) is 0 Å². The lowest BCUT2D eigenvalue weighted by Gasteiger charge is -2.13. The molecule has 0 spiro atoms. The predicted molar refractivity (Wildman–Crippen MR) is 102 cm³/mol. The van der Waals surface area contributed by atoms with Crippen LogP contribution in [0.3, 0.4) is 0 Å². The van der Waals surface area contributed by atoms with E-state index in [4.69, 9.17) is 19.3 Å². The number of ether oxygens (including phenoxy) is 3.